The highest BCUT2D eigenvalue weighted by Gasteiger charge is 2.37. The van der Waals surface area contributed by atoms with Gasteiger partial charge in [0.15, 0.2) is 11.5 Å². The molecule has 6 rings (SSSR count). The molecule has 13 nitrogen and oxygen atoms in total. The number of hydrogen-bond acceptors (Lipinski definition) is 8. The molecule has 0 unspecified atom stereocenters. The van der Waals surface area contributed by atoms with Crippen LogP contribution in [0.2, 0.25) is 0 Å². The molecule has 3 N–H and O–H groups in total. The lowest BCUT2D eigenvalue weighted by Crippen LogP contribution is -2.42. The summed E-state index contributed by atoms with van der Waals surface area (Å²) in [4.78, 5) is 42.3. The van der Waals surface area contributed by atoms with Gasteiger partial charge in [-0.25, -0.2) is 28.6 Å². The molecule has 4 aromatic heterocycles. The van der Waals surface area contributed by atoms with Gasteiger partial charge in [-0.15, -0.1) is 0 Å². The van der Waals surface area contributed by atoms with Crippen LogP contribution in [0.3, 0.4) is 0 Å². The predicted molar refractivity (Wildman–Crippen MR) is 156 cm³/mol. The second-order valence-corrected chi connectivity index (χ2v) is 10.3. The van der Waals surface area contributed by atoms with Gasteiger partial charge in [0.25, 0.3) is 0 Å². The number of hydroxylamine groups is 2. The Labute approximate surface area is 249 Å². The van der Waals surface area contributed by atoms with E-state index in [1.54, 1.807) is 36.2 Å². The summed E-state index contributed by atoms with van der Waals surface area (Å²) in [5.41, 5.74) is 3.55. The molecule has 228 valence electrons. The van der Waals surface area contributed by atoms with Crippen molar-refractivity contribution in [1.29, 1.82) is 0 Å². The molecule has 1 fully saturated rings. The first-order chi connectivity index (χ1) is 21.2. The zero-order valence-electron chi connectivity index (χ0n) is 24.0. The molecule has 0 bridgehead atoms. The Morgan fingerprint density at radius 3 is 2.73 bits per heavy atom. The fourth-order valence-electron chi connectivity index (χ4n) is 5.16. The van der Waals surface area contributed by atoms with Gasteiger partial charge >= 0.3 is 11.7 Å². The number of urea groups is 1. The molecule has 2 atom stereocenters. The number of carbonyl (C=O) groups is 1. The molecule has 1 aliphatic heterocycles. The number of carbonyl (C=O) groups excluding carboxylic acids is 1. The summed E-state index contributed by atoms with van der Waals surface area (Å²) in [5.74, 6) is -1.95. The number of aromatic amines is 1. The van der Waals surface area contributed by atoms with E-state index in [0.717, 1.165) is 6.07 Å². The molecule has 1 saturated heterocycles. The van der Waals surface area contributed by atoms with Gasteiger partial charge in [0.1, 0.15) is 11.9 Å². The zero-order valence-corrected chi connectivity index (χ0v) is 24.0. The molecule has 5 heterocycles. The lowest BCUT2D eigenvalue weighted by Gasteiger charge is -2.19. The number of benzene rings is 1. The van der Waals surface area contributed by atoms with Gasteiger partial charge in [0.2, 0.25) is 5.95 Å². The molecule has 0 radical (unpaired) electrons. The number of ether oxygens (including phenoxy) is 1. The minimum atomic E-state index is -1.22. The first-order valence-corrected chi connectivity index (χ1v) is 13.7. The van der Waals surface area contributed by atoms with Gasteiger partial charge in [-0.1, -0.05) is 18.2 Å². The molecule has 0 saturated carbocycles. The summed E-state index contributed by atoms with van der Waals surface area (Å²) in [7, 11) is 3.18. The molecule has 0 aliphatic carbocycles. The van der Waals surface area contributed by atoms with Gasteiger partial charge in [-0.05, 0) is 31.2 Å². The Morgan fingerprint density at radius 2 is 1.98 bits per heavy atom. The van der Waals surface area contributed by atoms with E-state index in [0.29, 0.717) is 52.6 Å². The number of halogens is 2. The Bertz CT molecular complexity index is 1890. The summed E-state index contributed by atoms with van der Waals surface area (Å²) >= 11 is 0. The molecule has 1 aliphatic rings. The number of imidazole rings is 1. The van der Waals surface area contributed by atoms with Gasteiger partial charge in [-0.3, -0.25) is 14.7 Å². The number of nitrogens with one attached hydrogen (secondary N) is 3. The van der Waals surface area contributed by atoms with Crippen LogP contribution in [0.5, 0.6) is 0 Å². The Balaban J connectivity index is 1.31. The third-order valence-electron chi connectivity index (χ3n) is 7.39. The summed E-state index contributed by atoms with van der Waals surface area (Å²) in [5, 5.41) is 12.2. The number of aromatic nitrogens is 6. The molecular formula is C29H29F2N9O4. The largest absolute Gasteiger partial charge is 0.383 e. The SMILES string of the molecule is COCCN1C[C@@H](NC(=O)Nc2c(C)c(-c3cnc4c(c3)[nH]c(=O)n4C)nn2-c2ccccc2)[C@H](c2cnc(F)c(F)c2)O1. The maximum atomic E-state index is 14.0. The van der Waals surface area contributed by atoms with Gasteiger partial charge in [0.05, 0.1) is 29.5 Å². The topological polar surface area (TPSA) is 144 Å². The van der Waals surface area contributed by atoms with Gasteiger partial charge < -0.3 is 15.0 Å². The quantitative estimate of drug-likeness (QED) is 0.229. The second-order valence-electron chi connectivity index (χ2n) is 10.3. The van der Waals surface area contributed by atoms with Crippen LogP contribution in [0.15, 0.2) is 59.7 Å². The first kappa shape index (κ1) is 29.1. The van der Waals surface area contributed by atoms with Crippen LogP contribution < -0.4 is 16.3 Å². The lowest BCUT2D eigenvalue weighted by molar-refractivity contribution is -0.154. The molecule has 1 aromatic carbocycles. The summed E-state index contributed by atoms with van der Waals surface area (Å²) < 4.78 is 35.8. The van der Waals surface area contributed by atoms with E-state index in [-0.39, 0.29) is 17.8 Å². The monoisotopic (exact) mass is 605 g/mol. The number of methoxy groups -OCH3 is 1. The van der Waals surface area contributed by atoms with E-state index >= 15 is 0 Å². The number of para-hydroxylation sites is 1. The number of anilines is 1. The molecule has 2 amide bonds. The number of fused-ring (bicyclic) bond motifs is 1. The maximum absolute atomic E-state index is 14.0. The molecule has 0 spiro atoms. The van der Waals surface area contributed by atoms with Crippen molar-refractivity contribution < 1.29 is 23.1 Å². The highest BCUT2D eigenvalue weighted by Crippen LogP contribution is 2.32. The van der Waals surface area contributed by atoms with E-state index in [4.69, 9.17) is 14.7 Å². The van der Waals surface area contributed by atoms with Crippen LogP contribution >= 0.6 is 0 Å². The van der Waals surface area contributed by atoms with Gasteiger partial charge in [-0.2, -0.15) is 14.6 Å². The average molecular weight is 606 g/mol. The molecule has 44 heavy (non-hydrogen) atoms. The highest BCUT2D eigenvalue weighted by atomic mass is 19.2. The number of amides is 2. The number of nitrogens with zero attached hydrogens (tertiary/aromatic N) is 6. The number of pyridine rings is 2. The Hall–Kier alpha value is -4.99. The standard InChI is InChI=1S/C29H29F2N9O4/c1-16-23(17-12-21-27(33-13-17)38(2)29(42)35-21)37-40(19-7-5-4-6-8-19)26(16)36-28(41)34-22-15-39(9-10-43-3)44-24(22)18-11-20(30)25(31)32-14-18/h4-8,11-14,22,24H,9-10,15H2,1-3H3,(H,35,42)(H2,34,36,41)/t22-,24+/m1/s1. The van der Waals surface area contributed by atoms with E-state index < -0.39 is 29.9 Å². The van der Waals surface area contributed by atoms with Crippen molar-refractivity contribution in [2.24, 2.45) is 7.05 Å². The lowest BCUT2D eigenvalue weighted by atomic mass is 10.0. The number of aryl methyl sites for hydroxylation is 1. The van der Waals surface area contributed by atoms with E-state index in [2.05, 4.69) is 25.6 Å². The summed E-state index contributed by atoms with van der Waals surface area (Å²) in [6, 6.07) is 10.8. The fraction of sp³-hybridized carbons (Fsp3) is 0.276. The van der Waals surface area contributed by atoms with Crippen molar-refractivity contribution >= 4 is 23.0 Å². The minimum Gasteiger partial charge on any atom is -0.383 e. The van der Waals surface area contributed by atoms with Crippen molar-refractivity contribution in [3.8, 4) is 16.9 Å². The highest BCUT2D eigenvalue weighted by molar-refractivity contribution is 5.91. The van der Waals surface area contributed by atoms with Crippen molar-refractivity contribution in [3.05, 3.63) is 88.2 Å². The number of H-pyrrole nitrogens is 1. The molecule has 15 heteroatoms. The number of rotatable bonds is 8. The van der Waals surface area contributed by atoms with Crippen LogP contribution in [0.4, 0.5) is 19.4 Å². The maximum Gasteiger partial charge on any atom is 0.327 e. The fourth-order valence-corrected chi connectivity index (χ4v) is 5.16. The Kier molecular flexibility index (Phi) is 7.90. The van der Waals surface area contributed by atoms with Crippen molar-refractivity contribution in [2.75, 3.05) is 32.1 Å². The predicted octanol–water partition coefficient (Wildman–Crippen LogP) is 3.22. The third-order valence-corrected chi connectivity index (χ3v) is 7.39. The smallest absolute Gasteiger partial charge is 0.327 e. The van der Waals surface area contributed by atoms with E-state index in [9.17, 15) is 18.4 Å². The van der Waals surface area contributed by atoms with Crippen LogP contribution in [-0.4, -0.2) is 73.2 Å². The van der Waals surface area contributed by atoms with E-state index in [1.807, 2.05) is 37.3 Å². The Morgan fingerprint density at radius 1 is 1.18 bits per heavy atom. The summed E-state index contributed by atoms with van der Waals surface area (Å²) in [6.07, 6.45) is 1.97. The van der Waals surface area contributed by atoms with Crippen LogP contribution in [0.1, 0.15) is 17.2 Å². The van der Waals surface area contributed by atoms with Gasteiger partial charge in [0, 0.05) is 56.3 Å². The zero-order chi connectivity index (χ0) is 31.0. The van der Waals surface area contributed by atoms with E-state index in [1.165, 1.54) is 10.8 Å². The van der Waals surface area contributed by atoms with Crippen molar-refractivity contribution in [1.82, 2.24) is 39.7 Å². The first-order valence-electron chi connectivity index (χ1n) is 13.7. The van der Waals surface area contributed by atoms with Crippen LogP contribution in [-0.2, 0) is 16.6 Å². The van der Waals surface area contributed by atoms with Crippen molar-refractivity contribution in [3.63, 3.8) is 0 Å². The third kappa shape index (κ3) is 5.55. The molecular weight excluding hydrogens is 576 g/mol. The minimum absolute atomic E-state index is 0.254. The van der Waals surface area contributed by atoms with Crippen LogP contribution in [0, 0.1) is 18.7 Å². The van der Waals surface area contributed by atoms with Crippen molar-refractivity contribution in [2.45, 2.75) is 19.1 Å². The number of hydrogen-bond donors (Lipinski definition) is 3. The average Bonchev–Trinajstić information content (AvgIpc) is 3.66. The molecule has 5 aromatic rings. The second kappa shape index (κ2) is 11.9. The summed E-state index contributed by atoms with van der Waals surface area (Å²) in [6.45, 7) is 2.81. The normalized spacial score (nSPS) is 16.9. The van der Waals surface area contributed by atoms with Crippen LogP contribution in [0.25, 0.3) is 28.1 Å².